The molecule has 3 nitrogen and oxygen atoms in total. The summed E-state index contributed by atoms with van der Waals surface area (Å²) in [6.45, 7) is 6.30. The summed E-state index contributed by atoms with van der Waals surface area (Å²) in [5.74, 6) is 1.55. The minimum Gasteiger partial charge on any atom is -0.341 e. The lowest BCUT2D eigenvalue weighted by Gasteiger charge is -2.36. The molecule has 2 fully saturated rings. The molecular weight excluding hydrogens is 176 g/mol. The molecule has 2 unspecified atom stereocenters. The lowest BCUT2D eigenvalue weighted by molar-refractivity contribution is -0.136. The van der Waals surface area contributed by atoms with Gasteiger partial charge in [-0.15, -0.1) is 0 Å². The fraction of sp³-hybridized carbons (Fsp3) is 0.909. The number of nitrogens with two attached hydrogens (primary N) is 1. The molecule has 3 heteroatoms. The van der Waals surface area contributed by atoms with E-state index in [9.17, 15) is 4.79 Å². The van der Waals surface area contributed by atoms with Gasteiger partial charge in [-0.2, -0.15) is 0 Å². The van der Waals surface area contributed by atoms with Gasteiger partial charge in [0.05, 0.1) is 5.54 Å². The molecular formula is C11H20N2O. The first-order valence-electron chi connectivity index (χ1n) is 5.61. The van der Waals surface area contributed by atoms with Crippen molar-refractivity contribution in [3.63, 3.8) is 0 Å². The molecule has 0 aromatic rings. The number of rotatable bonds is 1. The molecule has 1 aliphatic carbocycles. The molecule has 0 aromatic heterocycles. The third-order valence-electron chi connectivity index (χ3n) is 3.84. The predicted molar refractivity (Wildman–Crippen MR) is 55.7 cm³/mol. The van der Waals surface area contributed by atoms with Gasteiger partial charge in [0, 0.05) is 13.1 Å². The number of carbonyl (C=O) groups excluding carboxylic acids is 1. The van der Waals surface area contributed by atoms with Crippen molar-refractivity contribution in [1.29, 1.82) is 0 Å². The van der Waals surface area contributed by atoms with Gasteiger partial charge in [-0.3, -0.25) is 4.79 Å². The zero-order chi connectivity index (χ0) is 10.3. The number of piperidine rings is 1. The van der Waals surface area contributed by atoms with Gasteiger partial charge < -0.3 is 10.6 Å². The van der Waals surface area contributed by atoms with E-state index in [1.165, 1.54) is 0 Å². The van der Waals surface area contributed by atoms with Crippen molar-refractivity contribution < 1.29 is 4.79 Å². The molecule has 1 saturated carbocycles. The molecule has 2 rings (SSSR count). The molecule has 1 saturated heterocycles. The summed E-state index contributed by atoms with van der Waals surface area (Å²) in [5, 5.41) is 0. The first kappa shape index (κ1) is 9.97. The van der Waals surface area contributed by atoms with E-state index in [-0.39, 0.29) is 5.91 Å². The largest absolute Gasteiger partial charge is 0.341 e. The van der Waals surface area contributed by atoms with E-state index in [1.54, 1.807) is 0 Å². The van der Waals surface area contributed by atoms with Gasteiger partial charge >= 0.3 is 0 Å². The molecule has 0 bridgehead atoms. The fourth-order valence-corrected chi connectivity index (χ4v) is 2.11. The summed E-state index contributed by atoms with van der Waals surface area (Å²) in [5.41, 5.74) is 5.44. The molecule has 1 amide bonds. The molecule has 14 heavy (non-hydrogen) atoms. The van der Waals surface area contributed by atoms with Crippen LogP contribution in [0.4, 0.5) is 0 Å². The van der Waals surface area contributed by atoms with Crippen molar-refractivity contribution >= 4 is 5.91 Å². The van der Waals surface area contributed by atoms with Gasteiger partial charge in [0.25, 0.3) is 0 Å². The molecule has 2 atom stereocenters. The first-order valence-corrected chi connectivity index (χ1v) is 5.61. The maximum Gasteiger partial charge on any atom is 0.242 e. The Hall–Kier alpha value is -0.570. The van der Waals surface area contributed by atoms with Crippen LogP contribution in [0.15, 0.2) is 0 Å². The third-order valence-corrected chi connectivity index (χ3v) is 3.84. The second kappa shape index (κ2) is 3.23. The van der Waals surface area contributed by atoms with Crippen LogP contribution in [-0.4, -0.2) is 29.4 Å². The molecule has 2 aliphatic rings. The van der Waals surface area contributed by atoms with Crippen molar-refractivity contribution in [3.8, 4) is 0 Å². The average molecular weight is 196 g/mol. The lowest BCUT2D eigenvalue weighted by Crippen LogP contribution is -2.50. The van der Waals surface area contributed by atoms with Crippen molar-refractivity contribution in [2.75, 3.05) is 13.1 Å². The number of likely N-dealkylation sites (tertiary alicyclic amines) is 1. The standard InChI is InChI=1S/C11H20N2O/c1-8-3-6-13(7-9(8)2)10(14)11(12)4-5-11/h8-9H,3-7,12H2,1-2H3. The summed E-state index contributed by atoms with van der Waals surface area (Å²) < 4.78 is 0. The van der Waals surface area contributed by atoms with Crippen LogP contribution in [-0.2, 0) is 4.79 Å². The van der Waals surface area contributed by atoms with Crippen molar-refractivity contribution in [2.24, 2.45) is 17.6 Å². The van der Waals surface area contributed by atoms with Crippen LogP contribution >= 0.6 is 0 Å². The van der Waals surface area contributed by atoms with Gasteiger partial charge in [-0.25, -0.2) is 0 Å². The van der Waals surface area contributed by atoms with Crippen LogP contribution < -0.4 is 5.73 Å². The fourth-order valence-electron chi connectivity index (χ4n) is 2.11. The topological polar surface area (TPSA) is 46.3 Å². The lowest BCUT2D eigenvalue weighted by atomic mass is 9.88. The van der Waals surface area contributed by atoms with E-state index >= 15 is 0 Å². The van der Waals surface area contributed by atoms with Crippen LogP contribution in [0.2, 0.25) is 0 Å². The van der Waals surface area contributed by atoms with Crippen LogP contribution in [0, 0.1) is 11.8 Å². The van der Waals surface area contributed by atoms with E-state index in [1.807, 2.05) is 4.90 Å². The van der Waals surface area contributed by atoms with Gasteiger partial charge in [-0.05, 0) is 31.1 Å². The monoisotopic (exact) mass is 196 g/mol. The summed E-state index contributed by atoms with van der Waals surface area (Å²) in [6.07, 6.45) is 2.89. The maximum atomic E-state index is 11.9. The van der Waals surface area contributed by atoms with Crippen LogP contribution in [0.3, 0.4) is 0 Å². The number of hydrogen-bond acceptors (Lipinski definition) is 2. The second-order valence-electron chi connectivity index (χ2n) is 5.15. The Labute approximate surface area is 85.6 Å². The molecule has 80 valence electrons. The number of carbonyl (C=O) groups is 1. The maximum absolute atomic E-state index is 11.9. The van der Waals surface area contributed by atoms with Crippen LogP contribution in [0.25, 0.3) is 0 Å². The Morgan fingerprint density at radius 3 is 2.50 bits per heavy atom. The smallest absolute Gasteiger partial charge is 0.242 e. The Morgan fingerprint density at radius 1 is 1.36 bits per heavy atom. The summed E-state index contributed by atoms with van der Waals surface area (Å²) in [6, 6.07) is 0. The second-order valence-corrected chi connectivity index (χ2v) is 5.15. The molecule has 0 aromatic carbocycles. The molecule has 1 heterocycles. The number of hydrogen-bond donors (Lipinski definition) is 1. The highest BCUT2D eigenvalue weighted by Crippen LogP contribution is 2.35. The molecule has 0 radical (unpaired) electrons. The highest BCUT2D eigenvalue weighted by atomic mass is 16.2. The van der Waals surface area contributed by atoms with Gasteiger partial charge in [0.1, 0.15) is 0 Å². The quantitative estimate of drug-likeness (QED) is 0.679. The predicted octanol–water partition coefficient (Wildman–Crippen LogP) is 0.982. The zero-order valence-corrected chi connectivity index (χ0v) is 9.12. The Balaban J connectivity index is 1.96. The molecule has 2 N–H and O–H groups in total. The van der Waals surface area contributed by atoms with Crippen molar-refractivity contribution in [2.45, 2.75) is 38.6 Å². The van der Waals surface area contributed by atoms with E-state index in [2.05, 4.69) is 13.8 Å². The summed E-state index contributed by atoms with van der Waals surface area (Å²) in [7, 11) is 0. The van der Waals surface area contributed by atoms with Gasteiger partial charge in [0.15, 0.2) is 0 Å². The molecule has 1 aliphatic heterocycles. The highest BCUT2D eigenvalue weighted by molar-refractivity contribution is 5.89. The van der Waals surface area contributed by atoms with Crippen LogP contribution in [0.5, 0.6) is 0 Å². The van der Waals surface area contributed by atoms with Crippen molar-refractivity contribution in [1.82, 2.24) is 4.90 Å². The van der Waals surface area contributed by atoms with E-state index in [0.717, 1.165) is 38.3 Å². The highest BCUT2D eigenvalue weighted by Gasteiger charge is 2.48. The Morgan fingerprint density at radius 2 is 2.00 bits per heavy atom. The first-order chi connectivity index (χ1) is 6.53. The summed E-state index contributed by atoms with van der Waals surface area (Å²) >= 11 is 0. The zero-order valence-electron chi connectivity index (χ0n) is 9.12. The summed E-state index contributed by atoms with van der Waals surface area (Å²) in [4.78, 5) is 13.9. The van der Waals surface area contributed by atoms with Crippen LogP contribution in [0.1, 0.15) is 33.1 Å². The SMILES string of the molecule is CC1CCN(C(=O)C2(N)CC2)CC1C. The Bertz CT molecular complexity index is 248. The normalized spacial score (nSPS) is 35.5. The third kappa shape index (κ3) is 1.65. The van der Waals surface area contributed by atoms with E-state index < -0.39 is 5.54 Å². The minimum absolute atomic E-state index is 0.191. The molecule has 0 spiro atoms. The van der Waals surface area contributed by atoms with Gasteiger partial charge in [0.2, 0.25) is 5.91 Å². The van der Waals surface area contributed by atoms with Crippen molar-refractivity contribution in [3.05, 3.63) is 0 Å². The number of nitrogens with zero attached hydrogens (tertiary/aromatic N) is 1. The van der Waals surface area contributed by atoms with Gasteiger partial charge in [-0.1, -0.05) is 13.8 Å². The van der Waals surface area contributed by atoms with E-state index in [4.69, 9.17) is 5.73 Å². The Kier molecular flexibility index (Phi) is 2.30. The van der Waals surface area contributed by atoms with E-state index in [0.29, 0.717) is 5.92 Å². The minimum atomic E-state index is -0.472. The number of amides is 1. The average Bonchev–Trinajstić information content (AvgIpc) is 2.89.